The fraction of sp³-hybridized carbons (Fsp3) is 0.0625. The monoisotopic (exact) mass is 363 g/mol. The standard InChI is InChI=1S/C16H11Cl2N3O3/c17-9-6-4-8(5-7-9)12-10-2-1-3-11(18)13(10)20-15(22)14(19-12)21-16(23)24/h1-7,14,21H,(H,20,22)(H,23,24). The fourth-order valence-electron chi connectivity index (χ4n) is 2.35. The van der Waals surface area contributed by atoms with Gasteiger partial charge in [-0.15, -0.1) is 0 Å². The molecule has 1 aliphatic heterocycles. The van der Waals surface area contributed by atoms with E-state index in [-0.39, 0.29) is 0 Å². The topological polar surface area (TPSA) is 90.8 Å². The van der Waals surface area contributed by atoms with Gasteiger partial charge in [-0.2, -0.15) is 0 Å². The van der Waals surface area contributed by atoms with E-state index in [9.17, 15) is 9.59 Å². The molecule has 8 heteroatoms. The van der Waals surface area contributed by atoms with Crippen molar-refractivity contribution >= 4 is 46.6 Å². The Bertz CT molecular complexity index is 850. The smallest absolute Gasteiger partial charge is 0.406 e. The lowest BCUT2D eigenvalue weighted by Crippen LogP contribution is -2.41. The average molecular weight is 364 g/mol. The Morgan fingerprint density at radius 3 is 2.54 bits per heavy atom. The quantitative estimate of drug-likeness (QED) is 0.763. The lowest BCUT2D eigenvalue weighted by Gasteiger charge is -2.11. The van der Waals surface area contributed by atoms with Crippen molar-refractivity contribution in [2.75, 3.05) is 5.32 Å². The number of anilines is 1. The predicted molar refractivity (Wildman–Crippen MR) is 92.1 cm³/mol. The third kappa shape index (κ3) is 3.20. The summed E-state index contributed by atoms with van der Waals surface area (Å²) < 4.78 is 0. The first-order valence-corrected chi connectivity index (χ1v) is 7.64. The zero-order chi connectivity index (χ0) is 17.3. The maximum absolute atomic E-state index is 12.3. The van der Waals surface area contributed by atoms with Crippen molar-refractivity contribution < 1.29 is 14.7 Å². The maximum atomic E-state index is 12.3. The number of carboxylic acid groups (broad SMARTS) is 1. The summed E-state index contributed by atoms with van der Waals surface area (Å²) in [6, 6.07) is 11.9. The number of fused-ring (bicyclic) bond motifs is 1. The van der Waals surface area contributed by atoms with Crippen LogP contribution in [0.3, 0.4) is 0 Å². The van der Waals surface area contributed by atoms with E-state index in [0.29, 0.717) is 32.6 Å². The van der Waals surface area contributed by atoms with Gasteiger partial charge in [-0.25, -0.2) is 9.79 Å². The highest BCUT2D eigenvalue weighted by Crippen LogP contribution is 2.30. The molecular formula is C16H11Cl2N3O3. The van der Waals surface area contributed by atoms with Crippen LogP contribution in [0.25, 0.3) is 0 Å². The summed E-state index contributed by atoms with van der Waals surface area (Å²) >= 11 is 12.1. The minimum absolute atomic E-state index is 0.332. The third-order valence-corrected chi connectivity index (χ3v) is 3.97. The number of carbonyl (C=O) groups excluding carboxylic acids is 1. The van der Waals surface area contributed by atoms with Crippen LogP contribution in [-0.2, 0) is 4.79 Å². The molecule has 0 radical (unpaired) electrons. The second-order valence-electron chi connectivity index (χ2n) is 4.99. The number of aliphatic imine (C=N–C) groups is 1. The van der Waals surface area contributed by atoms with Gasteiger partial charge in [-0.05, 0) is 18.2 Å². The number of benzodiazepines with no additional fused rings is 1. The first-order valence-electron chi connectivity index (χ1n) is 6.88. The largest absolute Gasteiger partial charge is 0.465 e. The fourth-order valence-corrected chi connectivity index (χ4v) is 2.70. The minimum atomic E-state index is -1.36. The second-order valence-corrected chi connectivity index (χ2v) is 5.83. The second kappa shape index (κ2) is 6.51. The van der Waals surface area contributed by atoms with E-state index in [1.807, 2.05) is 0 Å². The van der Waals surface area contributed by atoms with Gasteiger partial charge in [0.05, 0.1) is 16.4 Å². The number of para-hydroxylation sites is 1. The summed E-state index contributed by atoms with van der Waals surface area (Å²) in [4.78, 5) is 27.5. The Balaban J connectivity index is 2.19. The van der Waals surface area contributed by atoms with Gasteiger partial charge in [-0.1, -0.05) is 47.5 Å². The molecule has 6 nitrogen and oxygen atoms in total. The molecule has 1 aliphatic rings. The van der Waals surface area contributed by atoms with E-state index >= 15 is 0 Å². The van der Waals surface area contributed by atoms with E-state index in [4.69, 9.17) is 28.3 Å². The Morgan fingerprint density at radius 2 is 1.88 bits per heavy atom. The number of hydrogen-bond acceptors (Lipinski definition) is 3. The summed E-state index contributed by atoms with van der Waals surface area (Å²) in [7, 11) is 0. The van der Waals surface area contributed by atoms with Crippen molar-refractivity contribution in [3.63, 3.8) is 0 Å². The van der Waals surface area contributed by atoms with Crippen LogP contribution in [-0.4, -0.2) is 29.0 Å². The normalized spacial score (nSPS) is 16.5. The summed E-state index contributed by atoms with van der Waals surface area (Å²) in [5.41, 5.74) is 2.08. The van der Waals surface area contributed by atoms with E-state index in [1.54, 1.807) is 42.5 Å². The zero-order valence-corrected chi connectivity index (χ0v) is 13.6. The molecule has 1 heterocycles. The molecule has 24 heavy (non-hydrogen) atoms. The molecule has 0 saturated heterocycles. The summed E-state index contributed by atoms with van der Waals surface area (Å²) in [6.07, 6.45) is -2.65. The van der Waals surface area contributed by atoms with Crippen molar-refractivity contribution in [2.45, 2.75) is 6.17 Å². The lowest BCUT2D eigenvalue weighted by atomic mass is 10.0. The average Bonchev–Trinajstić information content (AvgIpc) is 2.67. The van der Waals surface area contributed by atoms with Gasteiger partial charge in [0.25, 0.3) is 5.91 Å². The summed E-state index contributed by atoms with van der Waals surface area (Å²) in [5, 5.41) is 14.5. The van der Waals surface area contributed by atoms with Gasteiger partial charge in [0.1, 0.15) is 0 Å². The first kappa shape index (κ1) is 16.3. The van der Waals surface area contributed by atoms with Crippen LogP contribution >= 0.6 is 23.2 Å². The SMILES string of the molecule is O=C(O)NC1N=C(c2ccc(Cl)cc2)c2cccc(Cl)c2NC1=O. The number of amides is 2. The van der Waals surface area contributed by atoms with E-state index in [2.05, 4.69) is 15.6 Å². The molecule has 2 aromatic carbocycles. The molecule has 0 fully saturated rings. The molecule has 2 aromatic rings. The number of nitrogens with zero attached hydrogens (tertiary/aromatic N) is 1. The van der Waals surface area contributed by atoms with Crippen LogP contribution in [0.2, 0.25) is 10.0 Å². The van der Waals surface area contributed by atoms with Crippen molar-refractivity contribution in [1.82, 2.24) is 5.32 Å². The number of nitrogens with one attached hydrogen (secondary N) is 2. The third-order valence-electron chi connectivity index (χ3n) is 3.40. The highest BCUT2D eigenvalue weighted by Gasteiger charge is 2.28. The number of rotatable bonds is 2. The van der Waals surface area contributed by atoms with Crippen LogP contribution in [0.4, 0.5) is 10.5 Å². The first-order chi connectivity index (χ1) is 11.5. The van der Waals surface area contributed by atoms with Crippen molar-refractivity contribution in [3.05, 3.63) is 63.6 Å². The molecule has 3 rings (SSSR count). The summed E-state index contributed by atoms with van der Waals surface area (Å²) in [5.74, 6) is -0.615. The molecule has 0 aromatic heterocycles. The van der Waals surface area contributed by atoms with Gasteiger partial charge in [0.2, 0.25) is 6.17 Å². The Kier molecular flexibility index (Phi) is 4.42. The Labute approximate surface area is 147 Å². The van der Waals surface area contributed by atoms with Crippen molar-refractivity contribution in [3.8, 4) is 0 Å². The van der Waals surface area contributed by atoms with Crippen LogP contribution in [0.5, 0.6) is 0 Å². The summed E-state index contributed by atoms with van der Waals surface area (Å²) in [6.45, 7) is 0. The molecule has 3 N–H and O–H groups in total. The molecule has 1 atom stereocenters. The number of carbonyl (C=O) groups is 2. The Hall–Kier alpha value is -2.57. The van der Waals surface area contributed by atoms with E-state index < -0.39 is 18.2 Å². The molecule has 0 spiro atoms. The van der Waals surface area contributed by atoms with Crippen LogP contribution in [0, 0.1) is 0 Å². The number of halogens is 2. The zero-order valence-electron chi connectivity index (χ0n) is 12.1. The van der Waals surface area contributed by atoms with Crippen LogP contribution in [0.1, 0.15) is 11.1 Å². The van der Waals surface area contributed by atoms with Crippen molar-refractivity contribution in [1.29, 1.82) is 0 Å². The van der Waals surface area contributed by atoms with Crippen LogP contribution in [0.15, 0.2) is 47.5 Å². The molecule has 2 amide bonds. The minimum Gasteiger partial charge on any atom is -0.465 e. The highest BCUT2D eigenvalue weighted by atomic mass is 35.5. The molecule has 122 valence electrons. The van der Waals surface area contributed by atoms with Crippen LogP contribution < -0.4 is 10.6 Å². The van der Waals surface area contributed by atoms with Gasteiger partial charge in [0.15, 0.2) is 0 Å². The van der Waals surface area contributed by atoms with E-state index in [0.717, 1.165) is 0 Å². The van der Waals surface area contributed by atoms with Gasteiger partial charge in [0, 0.05) is 16.1 Å². The number of benzene rings is 2. The number of hydrogen-bond donors (Lipinski definition) is 3. The maximum Gasteiger partial charge on any atom is 0.406 e. The molecule has 0 bridgehead atoms. The van der Waals surface area contributed by atoms with Crippen molar-refractivity contribution in [2.24, 2.45) is 4.99 Å². The van der Waals surface area contributed by atoms with Gasteiger partial charge >= 0.3 is 6.09 Å². The molecule has 1 unspecified atom stereocenters. The van der Waals surface area contributed by atoms with Gasteiger partial charge < -0.3 is 10.4 Å². The predicted octanol–water partition coefficient (Wildman–Crippen LogP) is 3.38. The van der Waals surface area contributed by atoms with Gasteiger partial charge in [-0.3, -0.25) is 10.1 Å². The lowest BCUT2D eigenvalue weighted by molar-refractivity contribution is -0.117. The van der Waals surface area contributed by atoms with E-state index in [1.165, 1.54) is 0 Å². The molecular weight excluding hydrogens is 353 g/mol. The Morgan fingerprint density at radius 1 is 1.17 bits per heavy atom. The molecule has 0 aliphatic carbocycles. The molecule has 0 saturated carbocycles. The highest BCUT2D eigenvalue weighted by molar-refractivity contribution is 6.36.